The normalized spacial score (nSPS) is 22.8. The minimum absolute atomic E-state index is 0.0188. The number of nitrogens with zero attached hydrogens (tertiary/aromatic N) is 3. The Morgan fingerprint density at radius 2 is 2.19 bits per heavy atom. The number of rotatable bonds is 6. The van der Waals surface area contributed by atoms with Crippen LogP contribution in [0.5, 0.6) is 0 Å². The molecule has 0 saturated carbocycles. The molecule has 1 aliphatic heterocycles. The summed E-state index contributed by atoms with van der Waals surface area (Å²) in [6, 6.07) is -0.853. The molecule has 1 fully saturated rings. The largest absolute Gasteiger partial charge is 0.342 e. The third kappa shape index (κ3) is 3.40. The zero-order valence-corrected chi connectivity index (χ0v) is 12.7. The van der Waals surface area contributed by atoms with Crippen LogP contribution >= 0.6 is 0 Å². The van der Waals surface area contributed by atoms with Gasteiger partial charge >= 0.3 is 0 Å². The number of carbonyl (C=O) groups excluding carboxylic acids is 2. The molecule has 2 heterocycles. The Morgan fingerprint density at radius 1 is 1.43 bits per heavy atom. The van der Waals surface area contributed by atoms with Crippen LogP contribution in [0.2, 0.25) is 0 Å². The van der Waals surface area contributed by atoms with Crippen molar-refractivity contribution >= 4 is 11.8 Å². The molecule has 1 aromatic rings. The highest BCUT2D eigenvalue weighted by atomic mass is 16.5. The van der Waals surface area contributed by atoms with E-state index in [1.807, 2.05) is 20.8 Å². The number of hydrogen-bond donors (Lipinski definition) is 1. The highest BCUT2D eigenvalue weighted by Crippen LogP contribution is 2.19. The Hall–Kier alpha value is -1.92. The van der Waals surface area contributed by atoms with Crippen molar-refractivity contribution in [1.29, 1.82) is 0 Å². The summed E-state index contributed by atoms with van der Waals surface area (Å²) in [5.41, 5.74) is 0. The monoisotopic (exact) mass is 294 g/mol. The maximum atomic E-state index is 12.6. The van der Waals surface area contributed by atoms with Crippen LogP contribution in [0.15, 0.2) is 10.9 Å². The molecular weight excluding hydrogens is 272 g/mol. The van der Waals surface area contributed by atoms with Gasteiger partial charge in [0, 0.05) is 13.0 Å². The number of hydrogen-bond acceptors (Lipinski definition) is 5. The number of aromatic nitrogens is 2. The van der Waals surface area contributed by atoms with E-state index in [0.29, 0.717) is 25.3 Å². The highest BCUT2D eigenvalue weighted by molar-refractivity contribution is 5.97. The number of nitrogens with one attached hydrogen (secondary N) is 1. The third-order valence-corrected chi connectivity index (χ3v) is 3.68. The second-order valence-electron chi connectivity index (χ2n) is 5.66. The minimum Gasteiger partial charge on any atom is -0.342 e. The van der Waals surface area contributed by atoms with E-state index in [0.717, 1.165) is 6.42 Å². The topological polar surface area (TPSA) is 88.3 Å². The molecule has 7 heteroatoms. The van der Waals surface area contributed by atoms with E-state index in [1.54, 1.807) is 4.90 Å². The van der Waals surface area contributed by atoms with Crippen molar-refractivity contribution in [1.82, 2.24) is 20.4 Å². The first-order chi connectivity index (χ1) is 10.0. The molecule has 1 saturated heterocycles. The summed E-state index contributed by atoms with van der Waals surface area (Å²) in [4.78, 5) is 30.5. The van der Waals surface area contributed by atoms with Crippen molar-refractivity contribution in [2.45, 2.75) is 52.1 Å². The zero-order chi connectivity index (χ0) is 15.4. The Balaban J connectivity index is 2.13. The standard InChI is InChI=1S/C14H22N4O3/c1-4-5-10-14(20)18(7-6-11-15-8-16-21-11)12(9(2)3)13(19)17-10/h8-10,12H,4-7H2,1-3H3,(H,17,19). The number of piperazine rings is 1. The molecule has 0 spiro atoms. The van der Waals surface area contributed by atoms with Gasteiger partial charge in [-0.1, -0.05) is 32.3 Å². The van der Waals surface area contributed by atoms with Crippen molar-refractivity contribution in [2.24, 2.45) is 5.92 Å². The molecule has 116 valence electrons. The molecule has 2 atom stereocenters. The first kappa shape index (κ1) is 15.5. The summed E-state index contributed by atoms with van der Waals surface area (Å²) < 4.78 is 4.96. The minimum atomic E-state index is -0.437. The van der Waals surface area contributed by atoms with Crippen molar-refractivity contribution in [2.75, 3.05) is 6.54 Å². The Bertz CT molecular complexity index is 486. The van der Waals surface area contributed by atoms with Gasteiger partial charge in [0.05, 0.1) is 0 Å². The lowest BCUT2D eigenvalue weighted by atomic mass is 9.95. The zero-order valence-electron chi connectivity index (χ0n) is 12.7. The van der Waals surface area contributed by atoms with Crippen LogP contribution in [0.3, 0.4) is 0 Å². The molecule has 21 heavy (non-hydrogen) atoms. The summed E-state index contributed by atoms with van der Waals surface area (Å²) in [6.07, 6.45) is 3.30. The lowest BCUT2D eigenvalue weighted by Gasteiger charge is -2.40. The van der Waals surface area contributed by atoms with Crippen LogP contribution in [-0.2, 0) is 16.0 Å². The predicted octanol–water partition coefficient (Wildman–Crippen LogP) is 0.764. The summed E-state index contributed by atoms with van der Waals surface area (Å²) in [5.74, 6) is 0.436. The lowest BCUT2D eigenvalue weighted by Crippen LogP contribution is -2.65. The van der Waals surface area contributed by atoms with Gasteiger partial charge in [0.1, 0.15) is 12.1 Å². The molecule has 0 aliphatic carbocycles. The van der Waals surface area contributed by atoms with Crippen molar-refractivity contribution in [3.05, 3.63) is 12.2 Å². The fraction of sp³-hybridized carbons (Fsp3) is 0.714. The van der Waals surface area contributed by atoms with Crippen molar-refractivity contribution in [3.63, 3.8) is 0 Å². The van der Waals surface area contributed by atoms with Crippen LogP contribution in [-0.4, -0.2) is 45.5 Å². The van der Waals surface area contributed by atoms with Crippen molar-refractivity contribution in [3.8, 4) is 0 Å². The van der Waals surface area contributed by atoms with Gasteiger partial charge in [0.25, 0.3) is 0 Å². The van der Waals surface area contributed by atoms with Crippen LogP contribution in [0.1, 0.15) is 39.5 Å². The second kappa shape index (κ2) is 6.69. The smallest absolute Gasteiger partial charge is 0.245 e. The molecule has 2 amide bonds. The maximum absolute atomic E-state index is 12.6. The lowest BCUT2D eigenvalue weighted by molar-refractivity contribution is -0.151. The quantitative estimate of drug-likeness (QED) is 0.837. The van der Waals surface area contributed by atoms with Crippen LogP contribution < -0.4 is 5.32 Å². The van der Waals surface area contributed by atoms with E-state index >= 15 is 0 Å². The first-order valence-corrected chi connectivity index (χ1v) is 7.41. The van der Waals surface area contributed by atoms with Crippen LogP contribution in [0.4, 0.5) is 0 Å². The van der Waals surface area contributed by atoms with Gasteiger partial charge in [0.15, 0.2) is 6.33 Å². The van der Waals surface area contributed by atoms with Crippen LogP contribution in [0, 0.1) is 5.92 Å². The van der Waals surface area contributed by atoms with E-state index in [1.165, 1.54) is 6.33 Å². The van der Waals surface area contributed by atoms with E-state index in [4.69, 9.17) is 4.52 Å². The molecule has 0 aromatic carbocycles. The van der Waals surface area contributed by atoms with Gasteiger partial charge in [-0.25, -0.2) is 0 Å². The molecular formula is C14H22N4O3. The summed E-state index contributed by atoms with van der Waals surface area (Å²) >= 11 is 0. The van der Waals surface area contributed by atoms with Gasteiger partial charge in [-0.3, -0.25) is 9.59 Å². The Morgan fingerprint density at radius 3 is 2.76 bits per heavy atom. The van der Waals surface area contributed by atoms with Crippen molar-refractivity contribution < 1.29 is 14.1 Å². The SMILES string of the molecule is CCCC1NC(=O)C(C(C)C)N(CCc2ncno2)C1=O. The van der Waals surface area contributed by atoms with Gasteiger partial charge in [0.2, 0.25) is 17.7 Å². The van der Waals surface area contributed by atoms with Crippen LogP contribution in [0.25, 0.3) is 0 Å². The highest BCUT2D eigenvalue weighted by Gasteiger charge is 2.41. The molecule has 1 aromatic heterocycles. The molecule has 2 unspecified atom stereocenters. The first-order valence-electron chi connectivity index (χ1n) is 7.41. The molecule has 2 rings (SSSR count). The van der Waals surface area contributed by atoms with E-state index in [2.05, 4.69) is 15.5 Å². The predicted molar refractivity (Wildman–Crippen MR) is 75.2 cm³/mol. The molecule has 7 nitrogen and oxygen atoms in total. The Labute approximate surface area is 124 Å². The Kier molecular flexibility index (Phi) is 4.93. The van der Waals surface area contributed by atoms with E-state index in [9.17, 15) is 9.59 Å². The molecule has 1 aliphatic rings. The summed E-state index contributed by atoms with van der Waals surface area (Å²) in [6.45, 7) is 6.29. The molecule has 0 radical (unpaired) electrons. The fourth-order valence-electron chi connectivity index (χ4n) is 2.72. The molecule has 0 bridgehead atoms. The van der Waals surface area contributed by atoms with Gasteiger partial charge in [-0.2, -0.15) is 4.98 Å². The van der Waals surface area contributed by atoms with Gasteiger partial charge in [-0.05, 0) is 12.3 Å². The van der Waals surface area contributed by atoms with Gasteiger partial charge in [-0.15, -0.1) is 0 Å². The fourth-order valence-corrected chi connectivity index (χ4v) is 2.72. The van der Waals surface area contributed by atoms with E-state index in [-0.39, 0.29) is 17.7 Å². The van der Waals surface area contributed by atoms with Gasteiger partial charge < -0.3 is 14.7 Å². The number of amides is 2. The average molecular weight is 294 g/mol. The molecule has 1 N–H and O–H groups in total. The average Bonchev–Trinajstić information content (AvgIpc) is 2.93. The second-order valence-corrected chi connectivity index (χ2v) is 5.66. The van der Waals surface area contributed by atoms with E-state index < -0.39 is 12.1 Å². The third-order valence-electron chi connectivity index (χ3n) is 3.68. The maximum Gasteiger partial charge on any atom is 0.245 e. The summed E-state index contributed by atoms with van der Waals surface area (Å²) in [5, 5.41) is 6.39. The summed E-state index contributed by atoms with van der Waals surface area (Å²) in [7, 11) is 0. The number of carbonyl (C=O) groups is 2.